The molecular weight excluding hydrogens is 340 g/mol. The number of benzene rings is 2. The molecule has 1 aromatic heterocycles. The lowest BCUT2D eigenvalue weighted by Gasteiger charge is -2.16. The van der Waals surface area contributed by atoms with Crippen molar-refractivity contribution in [3.05, 3.63) is 83.1 Å². The zero-order chi connectivity index (χ0) is 17.4. The fourth-order valence-corrected chi connectivity index (χ4v) is 2.94. The van der Waals surface area contributed by atoms with Crippen molar-refractivity contribution in [2.45, 2.75) is 0 Å². The second-order valence-corrected chi connectivity index (χ2v) is 5.80. The molecule has 4 rings (SSSR count). The Labute approximate surface area is 148 Å². The van der Waals surface area contributed by atoms with Crippen molar-refractivity contribution >= 4 is 29.1 Å². The quantitative estimate of drug-likeness (QED) is 0.660. The zero-order valence-corrected chi connectivity index (χ0v) is 13.6. The summed E-state index contributed by atoms with van der Waals surface area (Å²) < 4.78 is 5.66. The van der Waals surface area contributed by atoms with Gasteiger partial charge in [-0.2, -0.15) is 0 Å². The molecule has 2 aromatic carbocycles. The number of halogens is 1. The van der Waals surface area contributed by atoms with Crippen molar-refractivity contribution in [2.75, 3.05) is 4.90 Å². The van der Waals surface area contributed by atoms with E-state index in [1.807, 2.05) is 0 Å². The highest BCUT2D eigenvalue weighted by Crippen LogP contribution is 2.36. The lowest BCUT2D eigenvalue weighted by molar-refractivity contribution is 0.0926. The molecule has 2 heterocycles. The summed E-state index contributed by atoms with van der Waals surface area (Å²) in [5, 5.41) is 0.246. The Morgan fingerprint density at radius 2 is 1.60 bits per heavy atom. The smallest absolute Gasteiger partial charge is 0.266 e. The largest absolute Gasteiger partial charge is 0.456 e. The minimum Gasteiger partial charge on any atom is -0.456 e. The number of ether oxygens (including phenoxy) is 1. The summed E-state index contributed by atoms with van der Waals surface area (Å²) in [4.78, 5) is 30.1. The van der Waals surface area contributed by atoms with Crippen LogP contribution in [-0.4, -0.2) is 16.8 Å². The first-order valence-electron chi connectivity index (χ1n) is 7.50. The van der Waals surface area contributed by atoms with Gasteiger partial charge in [0.2, 0.25) is 0 Å². The minimum atomic E-state index is -0.386. The number of imide groups is 1. The first-order chi connectivity index (χ1) is 12.1. The van der Waals surface area contributed by atoms with Crippen LogP contribution < -0.4 is 9.64 Å². The maximum atomic E-state index is 12.5. The van der Waals surface area contributed by atoms with Gasteiger partial charge in [-0.25, -0.2) is 4.90 Å². The molecule has 0 unspecified atom stereocenters. The molecule has 0 N–H and O–H groups in total. The summed E-state index contributed by atoms with van der Waals surface area (Å²) in [5.41, 5.74) is 1.07. The summed E-state index contributed by atoms with van der Waals surface area (Å²) in [5.74, 6) is 0.275. The maximum Gasteiger partial charge on any atom is 0.266 e. The van der Waals surface area contributed by atoms with Gasteiger partial charge in [0.25, 0.3) is 11.8 Å². The van der Waals surface area contributed by atoms with Crippen LogP contribution in [0.25, 0.3) is 0 Å². The Kier molecular flexibility index (Phi) is 3.71. The number of anilines is 1. The van der Waals surface area contributed by atoms with E-state index in [-0.39, 0.29) is 16.8 Å². The number of nitrogens with zero attached hydrogens (tertiary/aromatic N) is 2. The van der Waals surface area contributed by atoms with Gasteiger partial charge in [-0.05, 0) is 36.4 Å². The van der Waals surface area contributed by atoms with Crippen LogP contribution in [-0.2, 0) is 0 Å². The maximum absolute atomic E-state index is 12.5. The molecule has 0 saturated heterocycles. The molecule has 0 saturated carbocycles. The Morgan fingerprint density at radius 1 is 0.880 bits per heavy atom. The molecule has 0 spiro atoms. The zero-order valence-electron chi connectivity index (χ0n) is 12.8. The van der Waals surface area contributed by atoms with Gasteiger partial charge in [0.05, 0.1) is 28.0 Å². The Hall–Kier alpha value is -3.18. The van der Waals surface area contributed by atoms with Gasteiger partial charge in [0.15, 0.2) is 0 Å². The van der Waals surface area contributed by atoms with Crippen LogP contribution >= 0.6 is 11.6 Å². The molecule has 0 aliphatic carbocycles. The molecule has 0 radical (unpaired) electrons. The Bertz CT molecular complexity index is 954. The molecule has 0 atom stereocenters. The summed E-state index contributed by atoms with van der Waals surface area (Å²) in [7, 11) is 0. The number of amides is 2. The van der Waals surface area contributed by atoms with Crippen LogP contribution in [0.3, 0.4) is 0 Å². The molecule has 0 bridgehead atoms. The summed E-state index contributed by atoms with van der Waals surface area (Å²) >= 11 is 6.31. The molecule has 5 nitrogen and oxygen atoms in total. The number of rotatable bonds is 3. The van der Waals surface area contributed by atoms with E-state index in [0.29, 0.717) is 28.3 Å². The van der Waals surface area contributed by atoms with Gasteiger partial charge in [0, 0.05) is 12.3 Å². The fourth-order valence-electron chi connectivity index (χ4n) is 2.68. The van der Waals surface area contributed by atoms with Crippen molar-refractivity contribution in [1.82, 2.24) is 4.98 Å². The fraction of sp³-hybridized carbons (Fsp3) is 0. The average Bonchev–Trinajstić information content (AvgIpc) is 2.88. The van der Waals surface area contributed by atoms with E-state index in [0.717, 1.165) is 4.90 Å². The normalized spacial score (nSPS) is 13.1. The van der Waals surface area contributed by atoms with Crippen LogP contribution in [0.5, 0.6) is 11.5 Å². The highest BCUT2D eigenvalue weighted by Gasteiger charge is 2.37. The summed E-state index contributed by atoms with van der Waals surface area (Å²) in [6.45, 7) is 0. The molecule has 1 aliphatic rings. The standard InChI is InChI=1S/C19H11ClN2O3/c20-16-10-12(25-13-4-3-9-21-11-13)7-8-17(16)22-18(23)14-5-1-2-6-15(14)19(22)24/h1-11H. The molecule has 6 heteroatoms. The number of aromatic nitrogens is 1. The third-order valence-corrected chi connectivity index (χ3v) is 4.13. The molecule has 122 valence electrons. The second-order valence-electron chi connectivity index (χ2n) is 5.40. The number of hydrogen-bond donors (Lipinski definition) is 0. The molecule has 3 aromatic rings. The van der Waals surface area contributed by atoms with E-state index in [4.69, 9.17) is 16.3 Å². The van der Waals surface area contributed by atoms with E-state index in [2.05, 4.69) is 4.98 Å². The lowest BCUT2D eigenvalue weighted by atomic mass is 10.1. The molecule has 1 aliphatic heterocycles. The highest BCUT2D eigenvalue weighted by molar-refractivity contribution is 6.39. The molecule has 2 amide bonds. The first-order valence-corrected chi connectivity index (χ1v) is 7.88. The lowest BCUT2D eigenvalue weighted by Crippen LogP contribution is -2.29. The van der Waals surface area contributed by atoms with Crippen molar-refractivity contribution in [3.63, 3.8) is 0 Å². The SMILES string of the molecule is O=C1c2ccccc2C(=O)N1c1ccc(Oc2cccnc2)cc1Cl. The topological polar surface area (TPSA) is 59.5 Å². The van der Waals surface area contributed by atoms with E-state index in [1.165, 1.54) is 0 Å². The van der Waals surface area contributed by atoms with Gasteiger partial charge >= 0.3 is 0 Å². The second kappa shape index (κ2) is 6.03. The van der Waals surface area contributed by atoms with Gasteiger partial charge < -0.3 is 4.74 Å². The number of carbonyl (C=O) groups excluding carboxylic acids is 2. The first kappa shape index (κ1) is 15.4. The van der Waals surface area contributed by atoms with E-state index >= 15 is 0 Å². The summed E-state index contributed by atoms with van der Waals surface area (Å²) in [6.07, 6.45) is 3.22. The minimum absolute atomic E-state index is 0.246. The van der Waals surface area contributed by atoms with E-state index in [9.17, 15) is 9.59 Å². The number of pyridine rings is 1. The van der Waals surface area contributed by atoms with Crippen molar-refractivity contribution < 1.29 is 14.3 Å². The number of fused-ring (bicyclic) bond motifs is 1. The number of carbonyl (C=O) groups is 2. The highest BCUT2D eigenvalue weighted by atomic mass is 35.5. The van der Waals surface area contributed by atoms with Gasteiger partial charge in [-0.15, -0.1) is 0 Å². The van der Waals surface area contributed by atoms with Crippen LogP contribution in [0.15, 0.2) is 67.0 Å². The average molecular weight is 351 g/mol. The van der Waals surface area contributed by atoms with Crippen molar-refractivity contribution in [1.29, 1.82) is 0 Å². The molecular formula is C19H11ClN2O3. The Balaban J connectivity index is 1.66. The van der Waals surface area contributed by atoms with Gasteiger partial charge in [-0.3, -0.25) is 14.6 Å². The predicted molar refractivity (Wildman–Crippen MR) is 93.3 cm³/mol. The van der Waals surface area contributed by atoms with Crippen LogP contribution in [0, 0.1) is 0 Å². The van der Waals surface area contributed by atoms with Crippen molar-refractivity contribution in [3.8, 4) is 11.5 Å². The summed E-state index contributed by atoms with van der Waals surface area (Å²) in [6, 6.07) is 15.0. The van der Waals surface area contributed by atoms with E-state index in [1.54, 1.807) is 67.0 Å². The number of hydrogen-bond acceptors (Lipinski definition) is 4. The van der Waals surface area contributed by atoms with Gasteiger partial charge in [-0.1, -0.05) is 23.7 Å². The van der Waals surface area contributed by atoms with E-state index < -0.39 is 0 Å². The Morgan fingerprint density at radius 3 is 2.20 bits per heavy atom. The third kappa shape index (κ3) is 2.64. The van der Waals surface area contributed by atoms with Crippen LogP contribution in [0.4, 0.5) is 5.69 Å². The third-order valence-electron chi connectivity index (χ3n) is 3.82. The predicted octanol–water partition coefficient (Wildman–Crippen LogP) is 4.33. The van der Waals surface area contributed by atoms with Crippen LogP contribution in [0.2, 0.25) is 5.02 Å². The van der Waals surface area contributed by atoms with Gasteiger partial charge in [0.1, 0.15) is 11.5 Å². The molecule has 25 heavy (non-hydrogen) atoms. The monoisotopic (exact) mass is 350 g/mol. The molecule has 0 fully saturated rings. The van der Waals surface area contributed by atoms with Crippen molar-refractivity contribution in [2.24, 2.45) is 0 Å². The van der Waals surface area contributed by atoms with Crippen LogP contribution in [0.1, 0.15) is 20.7 Å².